The summed E-state index contributed by atoms with van der Waals surface area (Å²) in [5, 5.41) is 7.92. The lowest BCUT2D eigenvalue weighted by atomic mass is 9.92. The first-order valence-corrected chi connectivity index (χ1v) is 9.86. The third kappa shape index (κ3) is 4.29. The van der Waals surface area contributed by atoms with Crippen LogP contribution in [-0.2, 0) is 17.5 Å². The van der Waals surface area contributed by atoms with Crippen molar-refractivity contribution in [3.63, 3.8) is 0 Å². The Morgan fingerprint density at radius 3 is 2.67 bits per heavy atom. The van der Waals surface area contributed by atoms with Crippen molar-refractivity contribution < 1.29 is 18.0 Å². The smallest absolute Gasteiger partial charge is 0.343 e. The van der Waals surface area contributed by atoms with Crippen molar-refractivity contribution in [2.24, 2.45) is 0 Å². The summed E-state index contributed by atoms with van der Waals surface area (Å²) in [4.78, 5) is 22.5. The fourth-order valence-electron chi connectivity index (χ4n) is 3.84. The standard InChI is InChI=1S/C19H22F3N7O/c1-13-9-17-25-15(10-16(19(20,21)22)29(17)26-13)14-4-7-27(8-5-14)18(30)3-2-6-28-12-23-11-24-28/h9-12,14H,2-8H2,1H3. The number of hydrogen-bond donors (Lipinski definition) is 0. The first-order valence-electron chi connectivity index (χ1n) is 9.86. The van der Waals surface area contributed by atoms with E-state index in [1.807, 2.05) is 0 Å². The highest BCUT2D eigenvalue weighted by atomic mass is 19.4. The molecule has 11 heteroatoms. The topological polar surface area (TPSA) is 81.2 Å². The van der Waals surface area contributed by atoms with E-state index in [-0.39, 0.29) is 17.5 Å². The van der Waals surface area contributed by atoms with Crippen LogP contribution in [0.1, 0.15) is 48.7 Å². The van der Waals surface area contributed by atoms with E-state index in [4.69, 9.17) is 0 Å². The maximum Gasteiger partial charge on any atom is 0.433 e. The first kappa shape index (κ1) is 20.3. The Morgan fingerprint density at radius 1 is 1.23 bits per heavy atom. The number of carbonyl (C=O) groups excluding carboxylic acids is 1. The number of halogens is 3. The van der Waals surface area contributed by atoms with Crippen LogP contribution in [-0.4, -0.2) is 53.3 Å². The van der Waals surface area contributed by atoms with Gasteiger partial charge in [0, 0.05) is 43.7 Å². The zero-order valence-corrected chi connectivity index (χ0v) is 16.5. The predicted molar refractivity (Wildman–Crippen MR) is 101 cm³/mol. The zero-order chi connectivity index (χ0) is 21.3. The summed E-state index contributed by atoms with van der Waals surface area (Å²) in [6.45, 7) is 3.29. The Morgan fingerprint density at radius 2 is 2.00 bits per heavy atom. The molecule has 160 valence electrons. The molecule has 30 heavy (non-hydrogen) atoms. The van der Waals surface area contributed by atoms with Crippen LogP contribution in [0.15, 0.2) is 24.8 Å². The van der Waals surface area contributed by atoms with E-state index in [9.17, 15) is 18.0 Å². The van der Waals surface area contributed by atoms with Gasteiger partial charge in [-0.3, -0.25) is 9.48 Å². The Hall–Kier alpha value is -2.98. The molecule has 0 aromatic carbocycles. The van der Waals surface area contributed by atoms with Gasteiger partial charge in [-0.2, -0.15) is 23.4 Å². The van der Waals surface area contributed by atoms with Crippen LogP contribution in [0.25, 0.3) is 5.65 Å². The summed E-state index contributed by atoms with van der Waals surface area (Å²) in [7, 11) is 0. The first-order chi connectivity index (χ1) is 14.3. The highest BCUT2D eigenvalue weighted by Crippen LogP contribution is 2.34. The largest absolute Gasteiger partial charge is 0.433 e. The third-order valence-electron chi connectivity index (χ3n) is 5.37. The highest BCUT2D eigenvalue weighted by Gasteiger charge is 2.36. The van der Waals surface area contributed by atoms with E-state index in [0.29, 0.717) is 56.7 Å². The number of rotatable bonds is 5. The molecule has 0 radical (unpaired) electrons. The molecule has 0 aliphatic carbocycles. The van der Waals surface area contributed by atoms with E-state index in [2.05, 4.69) is 20.2 Å². The molecule has 1 aliphatic rings. The van der Waals surface area contributed by atoms with Crippen LogP contribution in [0.3, 0.4) is 0 Å². The van der Waals surface area contributed by atoms with Crippen LogP contribution in [0.5, 0.6) is 0 Å². The molecule has 0 spiro atoms. The van der Waals surface area contributed by atoms with Gasteiger partial charge >= 0.3 is 6.18 Å². The number of hydrogen-bond acceptors (Lipinski definition) is 5. The van der Waals surface area contributed by atoms with E-state index < -0.39 is 11.9 Å². The molecule has 3 aromatic rings. The lowest BCUT2D eigenvalue weighted by Gasteiger charge is -2.32. The number of aryl methyl sites for hydroxylation is 2. The Balaban J connectivity index is 1.40. The second-order valence-electron chi connectivity index (χ2n) is 7.54. The Kier molecular flexibility index (Phi) is 5.44. The van der Waals surface area contributed by atoms with Crippen LogP contribution >= 0.6 is 0 Å². The minimum Gasteiger partial charge on any atom is -0.343 e. The van der Waals surface area contributed by atoms with E-state index >= 15 is 0 Å². The summed E-state index contributed by atoms with van der Waals surface area (Å²) in [5.41, 5.74) is 0.274. The molecular weight excluding hydrogens is 399 g/mol. The number of nitrogens with zero attached hydrogens (tertiary/aromatic N) is 7. The average molecular weight is 421 g/mol. The molecule has 0 unspecified atom stereocenters. The lowest BCUT2D eigenvalue weighted by Crippen LogP contribution is -2.38. The van der Waals surface area contributed by atoms with Gasteiger partial charge in [-0.05, 0) is 32.3 Å². The maximum absolute atomic E-state index is 13.5. The number of piperidine rings is 1. The monoisotopic (exact) mass is 421 g/mol. The number of likely N-dealkylation sites (tertiary alicyclic amines) is 1. The summed E-state index contributed by atoms with van der Waals surface area (Å²) in [6.07, 6.45) is 0.780. The summed E-state index contributed by atoms with van der Waals surface area (Å²) in [6, 6.07) is 2.65. The van der Waals surface area contributed by atoms with Gasteiger partial charge in [-0.15, -0.1) is 0 Å². The fraction of sp³-hybridized carbons (Fsp3) is 0.526. The average Bonchev–Trinajstić information content (AvgIpc) is 3.35. The molecule has 8 nitrogen and oxygen atoms in total. The second kappa shape index (κ2) is 8.04. The van der Waals surface area contributed by atoms with Crippen molar-refractivity contribution in [2.75, 3.05) is 13.1 Å². The van der Waals surface area contributed by atoms with Gasteiger partial charge in [0.25, 0.3) is 0 Å². The van der Waals surface area contributed by atoms with Gasteiger partial charge < -0.3 is 4.90 Å². The minimum absolute atomic E-state index is 0.0550. The molecule has 3 aromatic heterocycles. The van der Waals surface area contributed by atoms with Gasteiger partial charge in [0.15, 0.2) is 5.65 Å². The summed E-state index contributed by atoms with van der Waals surface area (Å²) < 4.78 is 43.1. The van der Waals surface area contributed by atoms with Crippen LogP contribution in [0.2, 0.25) is 0 Å². The number of carbonyl (C=O) groups is 1. The van der Waals surface area contributed by atoms with Crippen molar-refractivity contribution in [3.05, 3.63) is 41.9 Å². The molecule has 4 rings (SSSR count). The van der Waals surface area contributed by atoms with Gasteiger partial charge in [-0.1, -0.05) is 0 Å². The molecule has 0 saturated carbocycles. The van der Waals surface area contributed by atoms with Crippen LogP contribution in [0, 0.1) is 6.92 Å². The molecule has 1 saturated heterocycles. The second-order valence-corrected chi connectivity index (χ2v) is 7.54. The third-order valence-corrected chi connectivity index (χ3v) is 5.37. The van der Waals surface area contributed by atoms with Gasteiger partial charge in [0.05, 0.1) is 5.69 Å². The van der Waals surface area contributed by atoms with E-state index in [1.54, 1.807) is 28.9 Å². The molecule has 1 amide bonds. The predicted octanol–water partition coefficient (Wildman–Crippen LogP) is 2.83. The van der Waals surface area contributed by atoms with Gasteiger partial charge in [0.2, 0.25) is 5.91 Å². The molecule has 0 bridgehead atoms. The molecule has 4 heterocycles. The van der Waals surface area contributed by atoms with Crippen molar-refractivity contribution >= 4 is 11.6 Å². The van der Waals surface area contributed by atoms with E-state index in [0.717, 1.165) is 10.6 Å². The summed E-state index contributed by atoms with van der Waals surface area (Å²) >= 11 is 0. The van der Waals surface area contributed by atoms with Crippen LogP contribution < -0.4 is 0 Å². The van der Waals surface area contributed by atoms with Crippen molar-refractivity contribution in [2.45, 2.75) is 51.2 Å². The molecular formula is C19H22F3N7O. The number of alkyl halides is 3. The molecule has 1 aliphatic heterocycles. The normalized spacial score (nSPS) is 15.8. The quantitative estimate of drug-likeness (QED) is 0.633. The van der Waals surface area contributed by atoms with Crippen molar-refractivity contribution in [1.82, 2.24) is 34.3 Å². The Bertz CT molecular complexity index is 1020. The number of fused-ring (bicyclic) bond motifs is 1. The SMILES string of the molecule is Cc1cc2nc(C3CCN(C(=O)CCCn4cncn4)CC3)cc(C(F)(F)F)n2n1. The summed E-state index contributed by atoms with van der Waals surface area (Å²) in [5.74, 6) is -0.0649. The lowest BCUT2D eigenvalue weighted by molar-refractivity contribution is -0.142. The molecule has 1 fully saturated rings. The van der Waals surface area contributed by atoms with Crippen LogP contribution in [0.4, 0.5) is 13.2 Å². The van der Waals surface area contributed by atoms with Gasteiger partial charge in [-0.25, -0.2) is 14.5 Å². The molecule has 0 N–H and O–H groups in total. The van der Waals surface area contributed by atoms with Crippen molar-refractivity contribution in [1.29, 1.82) is 0 Å². The zero-order valence-electron chi connectivity index (χ0n) is 16.5. The Labute approximate surface area is 170 Å². The fourth-order valence-corrected chi connectivity index (χ4v) is 3.84. The van der Waals surface area contributed by atoms with Gasteiger partial charge in [0.1, 0.15) is 18.3 Å². The maximum atomic E-state index is 13.5. The highest BCUT2D eigenvalue weighted by molar-refractivity contribution is 5.76. The van der Waals surface area contributed by atoms with Crippen molar-refractivity contribution in [3.8, 4) is 0 Å². The number of aromatic nitrogens is 6. The number of amides is 1. The minimum atomic E-state index is -4.52. The van der Waals surface area contributed by atoms with E-state index in [1.165, 1.54) is 6.33 Å². The molecule has 0 atom stereocenters.